The number of thioether (sulfide) groups is 1. The summed E-state index contributed by atoms with van der Waals surface area (Å²) in [6.45, 7) is 0. The first kappa shape index (κ1) is 27.5. The van der Waals surface area contributed by atoms with E-state index in [-0.39, 0.29) is 5.56 Å². The van der Waals surface area contributed by atoms with Crippen molar-refractivity contribution in [2.45, 2.75) is 18.6 Å². The van der Waals surface area contributed by atoms with Crippen molar-refractivity contribution in [3.05, 3.63) is 57.6 Å². The number of nitrogens with one attached hydrogen (secondary N) is 2. The Bertz CT molecular complexity index is 1030. The van der Waals surface area contributed by atoms with Gasteiger partial charge in [-0.1, -0.05) is 0 Å². The van der Waals surface area contributed by atoms with Crippen molar-refractivity contribution in [1.82, 2.24) is 10.7 Å². The first-order chi connectivity index (χ1) is 16.1. The van der Waals surface area contributed by atoms with Gasteiger partial charge in [0.1, 0.15) is 6.04 Å². The Morgan fingerprint density at radius 1 is 1.18 bits per heavy atom. The lowest BCUT2D eigenvalue weighted by atomic mass is 10.1. The molecule has 0 aliphatic heterocycles. The van der Waals surface area contributed by atoms with Gasteiger partial charge in [-0.25, -0.2) is 5.43 Å². The number of alkyl halides is 3. The van der Waals surface area contributed by atoms with E-state index in [4.69, 9.17) is 9.47 Å². The molecule has 2 amide bonds. The maximum absolute atomic E-state index is 12.7. The zero-order valence-corrected chi connectivity index (χ0v) is 20.9. The van der Waals surface area contributed by atoms with Gasteiger partial charge in [-0.2, -0.15) is 30.0 Å². The smallest absolute Gasteiger partial charge is 0.416 e. The molecule has 0 bridgehead atoms. The fraction of sp³-hybridized carbons (Fsp3) is 0.318. The van der Waals surface area contributed by atoms with Gasteiger partial charge < -0.3 is 14.8 Å². The van der Waals surface area contributed by atoms with Crippen LogP contribution in [-0.2, 0) is 11.0 Å². The highest BCUT2D eigenvalue weighted by atomic mass is 79.9. The summed E-state index contributed by atoms with van der Waals surface area (Å²) in [4.78, 5) is 25.1. The maximum Gasteiger partial charge on any atom is 0.416 e. The van der Waals surface area contributed by atoms with Gasteiger partial charge in [-0.3, -0.25) is 9.59 Å². The number of amides is 2. The van der Waals surface area contributed by atoms with Crippen LogP contribution in [0.1, 0.15) is 27.9 Å². The Morgan fingerprint density at radius 2 is 1.85 bits per heavy atom. The molecule has 1 atom stereocenters. The zero-order valence-electron chi connectivity index (χ0n) is 18.5. The van der Waals surface area contributed by atoms with Crippen LogP contribution in [0.2, 0.25) is 0 Å². The van der Waals surface area contributed by atoms with Crippen LogP contribution < -0.4 is 20.2 Å². The second kappa shape index (κ2) is 12.7. The predicted octanol–water partition coefficient (Wildman–Crippen LogP) is 4.49. The molecule has 2 N–H and O–H groups in total. The summed E-state index contributed by atoms with van der Waals surface area (Å²) >= 11 is 4.85. The quantitative estimate of drug-likeness (QED) is 0.329. The van der Waals surface area contributed by atoms with E-state index >= 15 is 0 Å². The van der Waals surface area contributed by atoms with E-state index in [2.05, 4.69) is 31.8 Å². The third-order valence-electron chi connectivity index (χ3n) is 4.55. The number of hydrazone groups is 1. The zero-order chi connectivity index (χ0) is 25.3. The van der Waals surface area contributed by atoms with Crippen LogP contribution in [0.5, 0.6) is 11.5 Å². The summed E-state index contributed by atoms with van der Waals surface area (Å²) in [7, 11) is 2.99. The summed E-state index contributed by atoms with van der Waals surface area (Å²) in [6, 6.07) is 6.21. The molecule has 7 nitrogen and oxygen atoms in total. The van der Waals surface area contributed by atoms with E-state index in [1.807, 2.05) is 6.26 Å². The molecule has 0 saturated heterocycles. The molecule has 2 aromatic carbocycles. The molecular weight excluding hydrogens is 539 g/mol. The highest BCUT2D eigenvalue weighted by Gasteiger charge is 2.30. The largest absolute Gasteiger partial charge is 0.493 e. The molecule has 0 spiro atoms. The van der Waals surface area contributed by atoms with Crippen molar-refractivity contribution >= 4 is 45.7 Å². The fourth-order valence-corrected chi connectivity index (χ4v) is 3.91. The van der Waals surface area contributed by atoms with Gasteiger partial charge in [0, 0.05) is 5.56 Å². The molecule has 0 heterocycles. The molecule has 0 fully saturated rings. The van der Waals surface area contributed by atoms with Crippen molar-refractivity contribution < 1.29 is 32.2 Å². The van der Waals surface area contributed by atoms with Crippen molar-refractivity contribution in [3.8, 4) is 11.5 Å². The number of benzene rings is 2. The minimum atomic E-state index is -4.50. The minimum Gasteiger partial charge on any atom is -0.493 e. The number of halogens is 4. The van der Waals surface area contributed by atoms with Gasteiger partial charge in [-0.15, -0.1) is 0 Å². The van der Waals surface area contributed by atoms with Crippen LogP contribution in [0.25, 0.3) is 0 Å². The molecule has 12 heteroatoms. The van der Waals surface area contributed by atoms with Crippen LogP contribution in [0.3, 0.4) is 0 Å². The highest BCUT2D eigenvalue weighted by Crippen LogP contribution is 2.35. The Labute approximate surface area is 207 Å². The maximum atomic E-state index is 12.7. The summed E-state index contributed by atoms with van der Waals surface area (Å²) < 4.78 is 49.3. The summed E-state index contributed by atoms with van der Waals surface area (Å²) in [5.41, 5.74) is 2.14. The van der Waals surface area contributed by atoms with E-state index in [9.17, 15) is 22.8 Å². The van der Waals surface area contributed by atoms with Crippen LogP contribution in [0.4, 0.5) is 13.2 Å². The van der Waals surface area contributed by atoms with Crippen LogP contribution >= 0.6 is 27.7 Å². The lowest BCUT2D eigenvalue weighted by Gasteiger charge is -2.17. The number of carbonyl (C=O) groups excluding carboxylic acids is 2. The number of hydrogen-bond donors (Lipinski definition) is 2. The van der Waals surface area contributed by atoms with Crippen LogP contribution in [0.15, 0.2) is 46.0 Å². The van der Waals surface area contributed by atoms with Crippen molar-refractivity contribution in [3.63, 3.8) is 0 Å². The average Bonchev–Trinajstić information content (AvgIpc) is 2.80. The molecule has 0 aliphatic carbocycles. The molecule has 0 aliphatic rings. The second-order valence-electron chi connectivity index (χ2n) is 6.86. The highest BCUT2D eigenvalue weighted by molar-refractivity contribution is 9.10. The first-order valence-electron chi connectivity index (χ1n) is 9.82. The minimum absolute atomic E-state index is 0.00799. The molecule has 0 saturated carbocycles. The Kier molecular flexibility index (Phi) is 10.2. The van der Waals surface area contributed by atoms with Crippen LogP contribution in [-0.4, -0.2) is 50.3 Å². The Balaban J connectivity index is 2.09. The predicted molar refractivity (Wildman–Crippen MR) is 129 cm³/mol. The van der Waals surface area contributed by atoms with Gasteiger partial charge >= 0.3 is 6.18 Å². The Hall–Kier alpha value is -2.73. The fourth-order valence-electron chi connectivity index (χ4n) is 2.82. The van der Waals surface area contributed by atoms with Crippen LogP contribution in [0, 0.1) is 0 Å². The second-order valence-corrected chi connectivity index (χ2v) is 8.70. The van der Waals surface area contributed by atoms with Gasteiger partial charge in [-0.05, 0) is 76.3 Å². The standard InChI is InChI=1S/C22H23BrF3N3O4S/c1-32-18-11-13(10-16(23)19(18)33-2)12-27-29-21(31)17(8-9-34-3)28-20(30)14-4-6-15(7-5-14)22(24,25)26/h4-7,10-12,17H,8-9H2,1-3H3,(H,28,30)(H,29,31). The topological polar surface area (TPSA) is 89.0 Å². The molecule has 2 rings (SSSR count). The average molecular weight is 562 g/mol. The van der Waals surface area contributed by atoms with E-state index in [0.717, 1.165) is 24.3 Å². The number of nitrogens with zero attached hydrogens (tertiary/aromatic N) is 1. The molecule has 0 radical (unpaired) electrons. The summed E-state index contributed by atoms with van der Waals surface area (Å²) in [6.07, 6.45) is -0.957. The number of rotatable bonds is 10. The molecule has 1 unspecified atom stereocenters. The third kappa shape index (κ3) is 7.66. The molecule has 184 valence electrons. The van der Waals surface area contributed by atoms with Crippen molar-refractivity contribution in [1.29, 1.82) is 0 Å². The van der Waals surface area contributed by atoms with E-state index in [1.54, 1.807) is 12.1 Å². The summed E-state index contributed by atoms with van der Waals surface area (Å²) in [5, 5.41) is 6.49. The SMILES string of the molecule is COc1cc(C=NNC(=O)C(CCSC)NC(=O)c2ccc(C(F)(F)F)cc2)cc(Br)c1OC. The molecular formula is C22H23BrF3N3O4S. The van der Waals surface area contributed by atoms with Gasteiger partial charge in [0.2, 0.25) is 0 Å². The normalized spacial score (nSPS) is 12.3. The number of ether oxygens (including phenoxy) is 2. The number of carbonyl (C=O) groups is 2. The number of hydrogen-bond acceptors (Lipinski definition) is 6. The Morgan fingerprint density at radius 3 is 2.41 bits per heavy atom. The third-order valence-corrected chi connectivity index (χ3v) is 5.78. The van der Waals surface area contributed by atoms with E-state index < -0.39 is 29.6 Å². The lowest BCUT2D eigenvalue weighted by molar-refractivity contribution is -0.137. The van der Waals surface area contributed by atoms with Crippen molar-refractivity contribution in [2.24, 2.45) is 5.10 Å². The van der Waals surface area contributed by atoms with E-state index in [1.165, 1.54) is 32.2 Å². The summed E-state index contributed by atoms with van der Waals surface area (Å²) in [5.74, 6) is 0.309. The first-order valence-corrected chi connectivity index (χ1v) is 12.0. The molecule has 2 aromatic rings. The van der Waals surface area contributed by atoms with Gasteiger partial charge in [0.25, 0.3) is 11.8 Å². The van der Waals surface area contributed by atoms with Crippen molar-refractivity contribution in [2.75, 3.05) is 26.2 Å². The monoisotopic (exact) mass is 561 g/mol. The van der Waals surface area contributed by atoms with Gasteiger partial charge in [0.15, 0.2) is 11.5 Å². The number of methoxy groups -OCH3 is 2. The van der Waals surface area contributed by atoms with E-state index in [0.29, 0.717) is 33.7 Å². The molecule has 34 heavy (non-hydrogen) atoms. The van der Waals surface area contributed by atoms with Gasteiger partial charge in [0.05, 0.1) is 30.5 Å². The lowest BCUT2D eigenvalue weighted by Crippen LogP contribution is -2.45. The molecule has 0 aromatic heterocycles.